The maximum Gasteiger partial charge on any atom is 0.347 e. The van der Waals surface area contributed by atoms with Gasteiger partial charge >= 0.3 is 5.97 Å². The van der Waals surface area contributed by atoms with Crippen LogP contribution in [0.5, 0.6) is 5.75 Å². The number of hydrogen-bond acceptors (Lipinski definition) is 7. The number of furan rings is 1. The Labute approximate surface area is 169 Å². The third-order valence-corrected chi connectivity index (χ3v) is 5.24. The lowest BCUT2D eigenvalue weighted by Gasteiger charge is -2.35. The molecule has 2 aromatic rings. The van der Waals surface area contributed by atoms with E-state index in [0.717, 1.165) is 30.6 Å². The fraction of sp³-hybridized carbons (Fsp3) is 0.409. The van der Waals surface area contributed by atoms with Crippen LogP contribution >= 0.6 is 0 Å². The molecule has 4 heterocycles. The molecule has 0 radical (unpaired) electrons. The number of carbonyl (C=O) groups excluding carboxylic acids is 1. The standard InChI is InChI=1S/C22H25N3O4/c1-4-28-22(27)18-19(26)17(9-15-10-24-20-16(15)6-5-7-23-20)29-21(18)25-11-13(2)8-14(3)12-25/h5-7,9-10,13-14,26H,4,8,11-12H2,1-3H3. The van der Waals surface area contributed by atoms with Gasteiger partial charge in [0.25, 0.3) is 0 Å². The fourth-order valence-electron chi connectivity index (χ4n) is 4.15. The lowest BCUT2D eigenvalue weighted by molar-refractivity contribution is 0.0523. The first-order valence-corrected chi connectivity index (χ1v) is 9.96. The van der Waals surface area contributed by atoms with E-state index < -0.39 is 5.97 Å². The molecule has 29 heavy (non-hydrogen) atoms. The molecule has 2 unspecified atom stereocenters. The number of ether oxygens (including phenoxy) is 1. The van der Waals surface area contributed by atoms with Crippen LogP contribution in [-0.4, -0.2) is 42.0 Å². The van der Waals surface area contributed by atoms with Crippen LogP contribution in [0.25, 0.3) is 11.6 Å². The van der Waals surface area contributed by atoms with Gasteiger partial charge < -0.3 is 19.2 Å². The van der Waals surface area contributed by atoms with Crippen molar-refractivity contribution >= 4 is 35.5 Å². The molecular formula is C22H25N3O4. The predicted octanol–water partition coefficient (Wildman–Crippen LogP) is 4.30. The van der Waals surface area contributed by atoms with Gasteiger partial charge in [0.15, 0.2) is 22.9 Å². The summed E-state index contributed by atoms with van der Waals surface area (Å²) in [6.07, 6.45) is 6.16. The van der Waals surface area contributed by atoms with E-state index in [1.54, 1.807) is 25.4 Å². The van der Waals surface area contributed by atoms with Crippen LogP contribution in [0.3, 0.4) is 0 Å². The van der Waals surface area contributed by atoms with Gasteiger partial charge in [0.05, 0.1) is 6.61 Å². The second-order valence-corrected chi connectivity index (χ2v) is 7.80. The number of rotatable bonds is 4. The van der Waals surface area contributed by atoms with Crippen LogP contribution in [0.1, 0.15) is 48.9 Å². The second-order valence-electron chi connectivity index (χ2n) is 7.80. The molecule has 2 atom stereocenters. The first-order valence-electron chi connectivity index (χ1n) is 9.96. The molecule has 0 spiro atoms. The van der Waals surface area contributed by atoms with Gasteiger partial charge in [-0.3, -0.25) is 0 Å². The van der Waals surface area contributed by atoms with E-state index in [9.17, 15) is 9.90 Å². The zero-order valence-corrected chi connectivity index (χ0v) is 16.9. The van der Waals surface area contributed by atoms with Gasteiger partial charge in [-0.2, -0.15) is 0 Å². The SMILES string of the molecule is CCOC(=O)c1c(N2CC(C)CC(C)C2)oc(C=C2C=Nc3ncccc32)c1O. The number of fused-ring (bicyclic) bond motifs is 1. The first-order chi connectivity index (χ1) is 14.0. The molecule has 7 nitrogen and oxygen atoms in total. The van der Waals surface area contributed by atoms with Crippen molar-refractivity contribution in [2.45, 2.75) is 27.2 Å². The van der Waals surface area contributed by atoms with Gasteiger partial charge in [0, 0.05) is 36.6 Å². The first kappa shape index (κ1) is 19.2. The van der Waals surface area contributed by atoms with Gasteiger partial charge in [-0.25, -0.2) is 14.8 Å². The minimum atomic E-state index is -0.582. The quantitative estimate of drug-likeness (QED) is 0.777. The molecule has 0 bridgehead atoms. The Morgan fingerprint density at radius 2 is 2.14 bits per heavy atom. The number of allylic oxidation sites excluding steroid dienone is 1. The van der Waals surface area contributed by atoms with E-state index in [1.165, 1.54) is 0 Å². The molecule has 2 aromatic heterocycles. The van der Waals surface area contributed by atoms with Gasteiger partial charge in [0.1, 0.15) is 0 Å². The van der Waals surface area contributed by atoms with E-state index in [1.807, 2.05) is 17.0 Å². The summed E-state index contributed by atoms with van der Waals surface area (Å²) in [7, 11) is 0. The van der Waals surface area contributed by atoms with Gasteiger partial charge in [-0.15, -0.1) is 0 Å². The zero-order valence-electron chi connectivity index (χ0n) is 16.9. The van der Waals surface area contributed by atoms with Gasteiger partial charge in [0.2, 0.25) is 5.88 Å². The zero-order chi connectivity index (χ0) is 20.5. The highest BCUT2D eigenvalue weighted by atomic mass is 16.5. The van der Waals surface area contributed by atoms with Crippen molar-refractivity contribution in [3.05, 3.63) is 35.2 Å². The van der Waals surface area contributed by atoms with Crippen LogP contribution in [0.4, 0.5) is 11.7 Å². The monoisotopic (exact) mass is 395 g/mol. The van der Waals surface area contributed by atoms with E-state index in [4.69, 9.17) is 9.15 Å². The summed E-state index contributed by atoms with van der Waals surface area (Å²) in [5.41, 5.74) is 1.70. The van der Waals surface area contributed by atoms with Crippen molar-refractivity contribution < 1.29 is 19.1 Å². The number of pyridine rings is 1. The molecule has 0 aliphatic carbocycles. The van der Waals surface area contributed by atoms with Crippen LogP contribution < -0.4 is 4.90 Å². The van der Waals surface area contributed by atoms with Crippen LogP contribution in [0.2, 0.25) is 0 Å². The number of esters is 1. The highest BCUT2D eigenvalue weighted by Crippen LogP contribution is 2.41. The summed E-state index contributed by atoms with van der Waals surface area (Å²) in [6, 6.07) is 3.73. The van der Waals surface area contributed by atoms with Crippen LogP contribution in [-0.2, 0) is 4.74 Å². The summed E-state index contributed by atoms with van der Waals surface area (Å²) >= 11 is 0. The van der Waals surface area contributed by atoms with Gasteiger partial charge in [-0.1, -0.05) is 13.8 Å². The number of piperidine rings is 1. The highest BCUT2D eigenvalue weighted by Gasteiger charge is 2.33. The summed E-state index contributed by atoms with van der Waals surface area (Å²) < 4.78 is 11.2. The second kappa shape index (κ2) is 7.73. The smallest absolute Gasteiger partial charge is 0.347 e. The molecule has 0 amide bonds. The summed E-state index contributed by atoms with van der Waals surface area (Å²) in [4.78, 5) is 23.2. The Bertz CT molecular complexity index is 982. The third kappa shape index (κ3) is 3.64. The lowest BCUT2D eigenvalue weighted by atomic mass is 9.92. The Morgan fingerprint density at radius 1 is 1.38 bits per heavy atom. The molecule has 0 aromatic carbocycles. The Kier molecular flexibility index (Phi) is 5.13. The highest BCUT2D eigenvalue weighted by molar-refractivity contribution is 6.21. The Balaban J connectivity index is 1.77. The Hall–Kier alpha value is -3.09. The average molecular weight is 395 g/mol. The fourth-order valence-corrected chi connectivity index (χ4v) is 4.15. The number of hydrogen-bond donors (Lipinski definition) is 1. The normalized spacial score (nSPS) is 22.2. The Morgan fingerprint density at radius 3 is 2.86 bits per heavy atom. The number of aromatic nitrogens is 1. The largest absolute Gasteiger partial charge is 0.504 e. The molecule has 2 aliphatic heterocycles. The molecule has 7 heteroatoms. The molecule has 1 N–H and O–H groups in total. The van der Waals surface area contributed by atoms with Crippen molar-refractivity contribution in [2.75, 3.05) is 24.6 Å². The minimum Gasteiger partial charge on any atom is -0.504 e. The number of nitrogens with zero attached hydrogens (tertiary/aromatic N) is 3. The molecule has 152 valence electrons. The van der Waals surface area contributed by atoms with Crippen molar-refractivity contribution in [1.29, 1.82) is 0 Å². The summed E-state index contributed by atoms with van der Waals surface area (Å²) in [5, 5.41) is 10.9. The van der Waals surface area contributed by atoms with E-state index in [0.29, 0.717) is 23.5 Å². The maximum atomic E-state index is 12.6. The van der Waals surface area contributed by atoms with Crippen molar-refractivity contribution in [1.82, 2.24) is 4.98 Å². The van der Waals surface area contributed by atoms with E-state index in [2.05, 4.69) is 23.8 Å². The molecule has 1 fully saturated rings. The summed E-state index contributed by atoms with van der Waals surface area (Å²) in [5.74, 6) is 1.34. The van der Waals surface area contributed by atoms with Crippen molar-refractivity contribution in [3.8, 4) is 5.75 Å². The third-order valence-electron chi connectivity index (χ3n) is 5.24. The molecular weight excluding hydrogens is 370 g/mol. The topological polar surface area (TPSA) is 88.2 Å². The van der Waals surface area contributed by atoms with Crippen molar-refractivity contribution in [3.63, 3.8) is 0 Å². The number of anilines is 1. The molecule has 4 rings (SSSR count). The molecule has 0 saturated carbocycles. The molecule has 2 aliphatic rings. The number of aliphatic imine (C=N–C) groups is 1. The van der Waals surface area contributed by atoms with Crippen LogP contribution in [0, 0.1) is 11.8 Å². The van der Waals surface area contributed by atoms with E-state index >= 15 is 0 Å². The lowest BCUT2D eigenvalue weighted by Crippen LogP contribution is -2.39. The van der Waals surface area contributed by atoms with Gasteiger partial charge in [-0.05, 0) is 43.4 Å². The number of aromatic hydroxyl groups is 1. The molecule has 1 saturated heterocycles. The summed E-state index contributed by atoms with van der Waals surface area (Å²) in [6.45, 7) is 7.83. The predicted molar refractivity (Wildman–Crippen MR) is 112 cm³/mol. The maximum absolute atomic E-state index is 12.6. The van der Waals surface area contributed by atoms with Crippen LogP contribution in [0.15, 0.2) is 27.7 Å². The van der Waals surface area contributed by atoms with Crippen molar-refractivity contribution in [2.24, 2.45) is 16.8 Å². The number of carbonyl (C=O) groups is 1. The van der Waals surface area contributed by atoms with E-state index in [-0.39, 0.29) is 23.7 Å². The minimum absolute atomic E-state index is 0.0846. The average Bonchev–Trinajstić information content (AvgIpc) is 3.23.